The van der Waals surface area contributed by atoms with E-state index >= 15 is 0 Å². The fraction of sp³-hybridized carbons (Fsp3) is 0.485. The van der Waals surface area contributed by atoms with E-state index in [1.165, 1.54) is 0 Å². The van der Waals surface area contributed by atoms with Crippen LogP contribution in [-0.4, -0.2) is 49.6 Å². The third-order valence-electron chi connectivity index (χ3n) is 9.10. The molecule has 2 unspecified atom stereocenters. The van der Waals surface area contributed by atoms with Gasteiger partial charge in [0.05, 0.1) is 0 Å². The monoisotopic (exact) mass is 590 g/mol. The third kappa shape index (κ3) is 6.58. The maximum absolute atomic E-state index is 12.4. The molecule has 0 saturated carbocycles. The Hall–Kier alpha value is -4.21. The Morgan fingerprint density at radius 3 is 2.05 bits per heavy atom. The van der Waals surface area contributed by atoms with Crippen LogP contribution in [0, 0.1) is 25.7 Å². The molecule has 10 nitrogen and oxygen atoms in total. The third-order valence-corrected chi connectivity index (χ3v) is 9.10. The number of aromatic nitrogens is 2. The fourth-order valence-corrected chi connectivity index (χ4v) is 6.49. The molecule has 2 amide bonds. The van der Waals surface area contributed by atoms with Gasteiger partial charge in [0, 0.05) is 77.3 Å². The first-order valence-corrected chi connectivity index (χ1v) is 15.0. The van der Waals surface area contributed by atoms with E-state index in [0.717, 1.165) is 68.3 Å². The second kappa shape index (κ2) is 13.0. The minimum Gasteiger partial charge on any atom is -0.481 e. The van der Waals surface area contributed by atoms with Gasteiger partial charge in [0.2, 0.25) is 5.91 Å². The molecule has 2 atom stereocenters. The van der Waals surface area contributed by atoms with Gasteiger partial charge in [0.1, 0.15) is 0 Å². The minimum absolute atomic E-state index is 0.0305. The predicted octanol–water partition coefficient (Wildman–Crippen LogP) is 4.97. The summed E-state index contributed by atoms with van der Waals surface area (Å²) < 4.78 is 0. The number of nitrogens with zero attached hydrogens (tertiary/aromatic N) is 1. The van der Waals surface area contributed by atoms with Crippen LogP contribution in [0.4, 0.5) is 0 Å². The molecule has 0 aliphatic carbocycles. The maximum Gasteiger partial charge on any atom is 0.303 e. The molecule has 2 aromatic rings. The van der Waals surface area contributed by atoms with Gasteiger partial charge in [-0.3, -0.25) is 19.2 Å². The number of nitrogens with one attached hydrogen (secondary N) is 3. The lowest BCUT2D eigenvalue weighted by molar-refractivity contribution is -0.138. The lowest BCUT2D eigenvalue weighted by Crippen LogP contribution is -2.19. The van der Waals surface area contributed by atoms with Crippen LogP contribution in [0.15, 0.2) is 21.8 Å². The van der Waals surface area contributed by atoms with E-state index in [9.17, 15) is 29.4 Å². The second-order valence-corrected chi connectivity index (χ2v) is 11.7. The van der Waals surface area contributed by atoms with Gasteiger partial charge in [-0.1, -0.05) is 20.8 Å². The van der Waals surface area contributed by atoms with Crippen molar-refractivity contribution < 1.29 is 29.4 Å². The maximum atomic E-state index is 12.4. The average Bonchev–Trinajstić information content (AvgIpc) is 3.59. The number of H-pyrrole nitrogens is 2. The number of carbonyl (C=O) groups is 4. The molecular weight excluding hydrogens is 548 g/mol. The normalized spacial score (nSPS) is 19.5. The van der Waals surface area contributed by atoms with Crippen LogP contribution in [0.1, 0.15) is 98.4 Å². The van der Waals surface area contributed by atoms with Gasteiger partial charge in [-0.25, -0.2) is 4.99 Å². The van der Waals surface area contributed by atoms with Crippen LogP contribution in [0.5, 0.6) is 0 Å². The Bertz CT molecular complexity index is 1570. The fourth-order valence-electron chi connectivity index (χ4n) is 6.49. The van der Waals surface area contributed by atoms with Crippen molar-refractivity contribution in [3.05, 3.63) is 61.9 Å². The Morgan fingerprint density at radius 2 is 1.49 bits per heavy atom. The van der Waals surface area contributed by atoms with E-state index in [1.807, 2.05) is 40.7 Å². The molecule has 0 spiro atoms. The summed E-state index contributed by atoms with van der Waals surface area (Å²) in [5, 5.41) is 21.9. The number of hydrogen-bond donors (Lipinski definition) is 5. The summed E-state index contributed by atoms with van der Waals surface area (Å²) in [6, 6.07) is 0. The summed E-state index contributed by atoms with van der Waals surface area (Å²) in [6.07, 6.45) is 4.82. The lowest BCUT2D eigenvalue weighted by Gasteiger charge is -2.14. The molecule has 2 aliphatic rings. The highest BCUT2D eigenvalue weighted by Crippen LogP contribution is 2.32. The number of allylic oxidation sites excluding steroid dienone is 1. The smallest absolute Gasteiger partial charge is 0.303 e. The van der Waals surface area contributed by atoms with E-state index in [-0.39, 0.29) is 36.5 Å². The molecule has 4 rings (SSSR count). The highest BCUT2D eigenvalue weighted by atomic mass is 16.4. The van der Waals surface area contributed by atoms with Crippen molar-refractivity contribution in [3.8, 4) is 0 Å². The van der Waals surface area contributed by atoms with Crippen molar-refractivity contribution >= 4 is 35.5 Å². The standard InChI is InChI=1S/C33H42N4O6/c1-7-20-19(6)32(42)37-27(20)14-25-18(5)23(10-12-31(40)41)29(35-25)15-28-22(9-11-30(38)39)17(4)24(34-28)13-26-16(3)21(8-2)33(43)36-26/h13,19-20,34-35H,7-12,14-15H2,1-6H3,(H,36,43)(H,38,39)(H,40,41). The summed E-state index contributed by atoms with van der Waals surface area (Å²) in [5.74, 6) is -2.06. The zero-order valence-electron chi connectivity index (χ0n) is 25.9. The Balaban J connectivity index is 1.75. The Kier molecular flexibility index (Phi) is 9.57. The van der Waals surface area contributed by atoms with E-state index in [2.05, 4.69) is 27.2 Å². The van der Waals surface area contributed by atoms with Gasteiger partial charge in [-0.05, 0) is 80.4 Å². The number of hydrogen-bond acceptors (Lipinski definition) is 4. The number of amides is 2. The molecule has 4 heterocycles. The van der Waals surface area contributed by atoms with Crippen molar-refractivity contribution in [2.24, 2.45) is 16.8 Å². The largest absolute Gasteiger partial charge is 0.481 e. The van der Waals surface area contributed by atoms with Gasteiger partial charge < -0.3 is 25.5 Å². The van der Waals surface area contributed by atoms with Crippen molar-refractivity contribution in [2.75, 3.05) is 0 Å². The average molecular weight is 591 g/mol. The SMILES string of the molecule is CCC1=C(C)C(=Cc2[nH]c(Cc3[nH]c(CC4=NC(=O)C(C)C4CC)c(C)c3CCC(=O)O)c(CCC(=O)O)c2C)NC1=O. The van der Waals surface area contributed by atoms with Gasteiger partial charge in [0.15, 0.2) is 0 Å². The molecule has 43 heavy (non-hydrogen) atoms. The van der Waals surface area contributed by atoms with Gasteiger partial charge in [-0.2, -0.15) is 0 Å². The first-order valence-electron chi connectivity index (χ1n) is 15.0. The van der Waals surface area contributed by atoms with E-state index in [4.69, 9.17) is 0 Å². The van der Waals surface area contributed by atoms with Crippen LogP contribution >= 0.6 is 0 Å². The quantitative estimate of drug-likeness (QED) is 0.221. The Morgan fingerprint density at radius 1 is 0.884 bits per heavy atom. The highest BCUT2D eigenvalue weighted by molar-refractivity contribution is 6.06. The molecule has 2 aliphatic heterocycles. The molecular formula is C33H42N4O6. The number of carboxylic acid groups (broad SMARTS) is 2. The number of aliphatic carboxylic acids is 2. The predicted molar refractivity (Wildman–Crippen MR) is 164 cm³/mol. The lowest BCUT2D eigenvalue weighted by atomic mass is 9.87. The van der Waals surface area contributed by atoms with Crippen LogP contribution in [0.3, 0.4) is 0 Å². The van der Waals surface area contributed by atoms with Crippen molar-refractivity contribution in [3.63, 3.8) is 0 Å². The van der Waals surface area contributed by atoms with Crippen LogP contribution in [0.25, 0.3) is 6.08 Å². The van der Waals surface area contributed by atoms with Gasteiger partial charge in [-0.15, -0.1) is 0 Å². The molecule has 230 valence electrons. The van der Waals surface area contributed by atoms with E-state index in [1.54, 1.807) is 0 Å². The molecule has 0 radical (unpaired) electrons. The molecule has 0 fully saturated rings. The van der Waals surface area contributed by atoms with Crippen LogP contribution in [0.2, 0.25) is 0 Å². The van der Waals surface area contributed by atoms with Crippen LogP contribution < -0.4 is 5.32 Å². The summed E-state index contributed by atoms with van der Waals surface area (Å²) in [6.45, 7) is 11.7. The zero-order chi connectivity index (χ0) is 31.6. The van der Waals surface area contributed by atoms with Crippen molar-refractivity contribution in [1.82, 2.24) is 15.3 Å². The topological polar surface area (TPSA) is 165 Å². The number of aromatic amines is 2. The minimum atomic E-state index is -0.896. The highest BCUT2D eigenvalue weighted by Gasteiger charge is 2.34. The van der Waals surface area contributed by atoms with E-state index in [0.29, 0.717) is 37.8 Å². The second-order valence-electron chi connectivity index (χ2n) is 11.7. The first kappa shape index (κ1) is 31.7. The molecule has 0 bridgehead atoms. The first-order chi connectivity index (χ1) is 20.4. The zero-order valence-corrected chi connectivity index (χ0v) is 25.9. The number of aliphatic imine (C=N–C) groups is 1. The summed E-state index contributed by atoms with van der Waals surface area (Å²) in [4.78, 5) is 59.2. The summed E-state index contributed by atoms with van der Waals surface area (Å²) in [5.41, 5.74) is 10.3. The number of rotatable bonds is 13. The molecule has 10 heteroatoms. The van der Waals surface area contributed by atoms with Crippen LogP contribution in [-0.2, 0) is 44.9 Å². The molecule has 2 aromatic heterocycles. The molecule has 0 aromatic carbocycles. The molecule has 0 saturated heterocycles. The Labute approximate surface area is 251 Å². The van der Waals surface area contributed by atoms with Gasteiger partial charge >= 0.3 is 11.9 Å². The molecule has 5 N–H and O–H groups in total. The van der Waals surface area contributed by atoms with Crippen molar-refractivity contribution in [2.45, 2.75) is 92.9 Å². The summed E-state index contributed by atoms with van der Waals surface area (Å²) in [7, 11) is 0. The van der Waals surface area contributed by atoms with Crippen molar-refractivity contribution in [1.29, 1.82) is 0 Å². The number of carboxylic acids is 2. The number of carbonyl (C=O) groups excluding carboxylic acids is 2. The van der Waals surface area contributed by atoms with E-state index < -0.39 is 11.9 Å². The summed E-state index contributed by atoms with van der Waals surface area (Å²) >= 11 is 0. The van der Waals surface area contributed by atoms with Gasteiger partial charge in [0.25, 0.3) is 5.91 Å².